The van der Waals surface area contributed by atoms with E-state index in [0.717, 1.165) is 24.2 Å². The van der Waals surface area contributed by atoms with E-state index in [1.807, 2.05) is 37.3 Å². The molecule has 1 aliphatic heterocycles. The maximum absolute atomic E-state index is 13.0. The third-order valence-corrected chi connectivity index (χ3v) is 4.57. The number of hydrogen-bond acceptors (Lipinski definition) is 4. The predicted molar refractivity (Wildman–Crippen MR) is 95.4 cm³/mol. The molecule has 1 N–H and O–H groups in total. The monoisotopic (exact) mass is 357 g/mol. The van der Waals surface area contributed by atoms with Gasteiger partial charge in [-0.15, -0.1) is 0 Å². The Morgan fingerprint density at radius 1 is 1.35 bits per heavy atom. The fraction of sp³-hybridized carbons (Fsp3) is 0.421. The Bertz CT molecular complexity index is 766. The number of carboxylic acid groups (broad SMARTS) is 1. The van der Waals surface area contributed by atoms with E-state index in [2.05, 4.69) is 5.10 Å². The van der Waals surface area contributed by atoms with Crippen LogP contribution in [0.4, 0.5) is 0 Å². The Kier molecular flexibility index (Phi) is 5.68. The largest absolute Gasteiger partial charge is 0.481 e. The van der Waals surface area contributed by atoms with E-state index < -0.39 is 5.97 Å². The number of aliphatic carboxylic acids is 1. The smallest absolute Gasteiger partial charge is 0.305 e. The third kappa shape index (κ3) is 4.11. The van der Waals surface area contributed by atoms with Crippen molar-refractivity contribution in [2.45, 2.75) is 32.3 Å². The van der Waals surface area contributed by atoms with E-state index in [0.29, 0.717) is 18.7 Å². The number of nitrogens with zero attached hydrogens (tertiary/aromatic N) is 3. The molecule has 1 unspecified atom stereocenters. The van der Waals surface area contributed by atoms with E-state index in [1.165, 1.54) is 0 Å². The maximum atomic E-state index is 13.0. The molecule has 1 fully saturated rings. The summed E-state index contributed by atoms with van der Waals surface area (Å²) in [5.74, 6) is -1.13. The van der Waals surface area contributed by atoms with Gasteiger partial charge in [0.15, 0.2) is 0 Å². The highest BCUT2D eigenvalue weighted by Crippen LogP contribution is 2.19. The number of para-hydroxylation sites is 1. The van der Waals surface area contributed by atoms with Crippen LogP contribution in [0, 0.1) is 6.92 Å². The van der Waals surface area contributed by atoms with Crippen molar-refractivity contribution in [2.75, 3.05) is 19.7 Å². The van der Waals surface area contributed by atoms with Gasteiger partial charge in [-0.25, -0.2) is 4.68 Å². The normalized spacial score (nSPS) is 16.6. The van der Waals surface area contributed by atoms with Crippen LogP contribution in [0.1, 0.15) is 35.3 Å². The van der Waals surface area contributed by atoms with Gasteiger partial charge in [0.05, 0.1) is 35.7 Å². The van der Waals surface area contributed by atoms with Gasteiger partial charge >= 0.3 is 5.97 Å². The fourth-order valence-corrected chi connectivity index (χ4v) is 3.16. The second kappa shape index (κ2) is 8.14. The average molecular weight is 357 g/mol. The minimum absolute atomic E-state index is 0.0304. The lowest BCUT2D eigenvalue weighted by Crippen LogP contribution is -2.39. The summed E-state index contributed by atoms with van der Waals surface area (Å²) in [5.41, 5.74) is 2.09. The lowest BCUT2D eigenvalue weighted by Gasteiger charge is -2.25. The quantitative estimate of drug-likeness (QED) is 0.822. The Hall–Kier alpha value is -2.67. The lowest BCUT2D eigenvalue weighted by atomic mass is 10.1. The van der Waals surface area contributed by atoms with Crippen molar-refractivity contribution in [3.8, 4) is 5.69 Å². The number of carbonyl (C=O) groups excluding carboxylic acids is 1. The summed E-state index contributed by atoms with van der Waals surface area (Å²) < 4.78 is 7.34. The fourth-order valence-electron chi connectivity index (χ4n) is 3.16. The van der Waals surface area contributed by atoms with Crippen LogP contribution in [0.15, 0.2) is 36.5 Å². The summed E-state index contributed by atoms with van der Waals surface area (Å²) in [7, 11) is 0. The van der Waals surface area contributed by atoms with E-state index in [9.17, 15) is 9.59 Å². The van der Waals surface area contributed by atoms with Gasteiger partial charge < -0.3 is 14.7 Å². The number of aromatic nitrogens is 2. The number of benzene rings is 1. The van der Waals surface area contributed by atoms with Crippen molar-refractivity contribution in [1.29, 1.82) is 0 Å². The first-order chi connectivity index (χ1) is 12.6. The summed E-state index contributed by atoms with van der Waals surface area (Å²) in [5, 5.41) is 13.3. The van der Waals surface area contributed by atoms with E-state index in [-0.39, 0.29) is 25.0 Å². The molecule has 7 nitrogen and oxygen atoms in total. The molecular weight excluding hydrogens is 334 g/mol. The summed E-state index contributed by atoms with van der Waals surface area (Å²) in [6, 6.07) is 9.58. The SMILES string of the molecule is Cc1c(C(=O)N(CCC(=O)O)CC2CCCO2)cnn1-c1ccccc1. The van der Waals surface area contributed by atoms with Gasteiger partial charge in [0.2, 0.25) is 0 Å². The standard InChI is InChI=1S/C19H23N3O4/c1-14-17(12-20-22(14)15-6-3-2-4-7-15)19(25)21(10-9-18(23)24)13-16-8-5-11-26-16/h2-4,6-7,12,16H,5,8-11,13H2,1H3,(H,23,24). The Labute approximate surface area is 152 Å². The topological polar surface area (TPSA) is 84.7 Å². The molecule has 1 aliphatic rings. The first-order valence-corrected chi connectivity index (χ1v) is 8.79. The second-order valence-corrected chi connectivity index (χ2v) is 6.42. The minimum Gasteiger partial charge on any atom is -0.481 e. The van der Waals surface area contributed by atoms with Gasteiger partial charge in [-0.2, -0.15) is 5.10 Å². The molecule has 26 heavy (non-hydrogen) atoms. The molecule has 2 aromatic rings. The highest BCUT2D eigenvalue weighted by Gasteiger charge is 2.26. The maximum Gasteiger partial charge on any atom is 0.305 e. The highest BCUT2D eigenvalue weighted by molar-refractivity contribution is 5.95. The molecule has 0 spiro atoms. The molecule has 7 heteroatoms. The number of amides is 1. The molecule has 1 aromatic carbocycles. The zero-order chi connectivity index (χ0) is 18.5. The first kappa shape index (κ1) is 18.1. The molecule has 1 saturated heterocycles. The number of carboxylic acids is 1. The van der Waals surface area contributed by atoms with Gasteiger partial charge in [-0.3, -0.25) is 9.59 Å². The van der Waals surface area contributed by atoms with Crippen molar-refractivity contribution in [3.63, 3.8) is 0 Å². The molecule has 0 bridgehead atoms. The Balaban J connectivity index is 1.81. The molecule has 0 radical (unpaired) electrons. The van der Waals surface area contributed by atoms with Crippen LogP contribution in [0.5, 0.6) is 0 Å². The number of hydrogen-bond donors (Lipinski definition) is 1. The number of carbonyl (C=O) groups is 2. The first-order valence-electron chi connectivity index (χ1n) is 8.79. The summed E-state index contributed by atoms with van der Waals surface area (Å²) >= 11 is 0. The van der Waals surface area contributed by atoms with Crippen LogP contribution in [0.25, 0.3) is 5.69 Å². The summed E-state index contributed by atoms with van der Waals surface area (Å²) in [4.78, 5) is 25.6. The van der Waals surface area contributed by atoms with Gasteiger partial charge in [-0.05, 0) is 31.9 Å². The van der Waals surface area contributed by atoms with Crippen LogP contribution < -0.4 is 0 Å². The molecule has 1 aromatic heterocycles. The molecule has 138 valence electrons. The zero-order valence-electron chi connectivity index (χ0n) is 14.8. The molecule has 0 saturated carbocycles. The van der Waals surface area contributed by atoms with Crippen molar-refractivity contribution in [3.05, 3.63) is 47.8 Å². The Morgan fingerprint density at radius 2 is 2.12 bits per heavy atom. The molecule has 1 atom stereocenters. The van der Waals surface area contributed by atoms with Crippen molar-refractivity contribution in [2.24, 2.45) is 0 Å². The van der Waals surface area contributed by atoms with E-state index in [1.54, 1.807) is 15.8 Å². The molecule has 1 amide bonds. The number of rotatable bonds is 7. The van der Waals surface area contributed by atoms with E-state index in [4.69, 9.17) is 9.84 Å². The minimum atomic E-state index is -0.924. The molecular formula is C19H23N3O4. The summed E-state index contributed by atoms with van der Waals surface area (Å²) in [6.07, 6.45) is 3.28. The van der Waals surface area contributed by atoms with Gasteiger partial charge in [-0.1, -0.05) is 18.2 Å². The van der Waals surface area contributed by atoms with Crippen LogP contribution in [-0.2, 0) is 9.53 Å². The lowest BCUT2D eigenvalue weighted by molar-refractivity contribution is -0.137. The predicted octanol–water partition coefficient (Wildman–Crippen LogP) is 2.28. The van der Waals surface area contributed by atoms with Gasteiger partial charge in [0, 0.05) is 19.7 Å². The molecule has 0 aliphatic carbocycles. The van der Waals surface area contributed by atoms with E-state index >= 15 is 0 Å². The van der Waals surface area contributed by atoms with Gasteiger partial charge in [0.1, 0.15) is 0 Å². The second-order valence-electron chi connectivity index (χ2n) is 6.42. The molecule has 3 rings (SSSR count). The van der Waals surface area contributed by atoms with Crippen molar-refractivity contribution in [1.82, 2.24) is 14.7 Å². The highest BCUT2D eigenvalue weighted by atomic mass is 16.5. The van der Waals surface area contributed by atoms with Crippen LogP contribution in [0.2, 0.25) is 0 Å². The van der Waals surface area contributed by atoms with Crippen LogP contribution in [0.3, 0.4) is 0 Å². The summed E-state index contributed by atoms with van der Waals surface area (Å²) in [6.45, 7) is 3.09. The zero-order valence-corrected chi connectivity index (χ0v) is 14.8. The van der Waals surface area contributed by atoms with Crippen molar-refractivity contribution >= 4 is 11.9 Å². The Morgan fingerprint density at radius 3 is 2.77 bits per heavy atom. The third-order valence-electron chi connectivity index (χ3n) is 4.57. The van der Waals surface area contributed by atoms with Gasteiger partial charge in [0.25, 0.3) is 5.91 Å². The average Bonchev–Trinajstić information content (AvgIpc) is 3.28. The van der Waals surface area contributed by atoms with Crippen molar-refractivity contribution < 1.29 is 19.4 Å². The van der Waals surface area contributed by atoms with Crippen LogP contribution in [-0.4, -0.2) is 57.5 Å². The number of ether oxygens (including phenoxy) is 1. The molecule has 2 heterocycles. The van der Waals surface area contributed by atoms with Crippen LogP contribution >= 0.6 is 0 Å².